The van der Waals surface area contributed by atoms with Gasteiger partial charge in [-0.2, -0.15) is 0 Å². The van der Waals surface area contributed by atoms with Crippen LogP contribution in [-0.2, 0) is 0 Å². The van der Waals surface area contributed by atoms with E-state index < -0.39 is 0 Å². The first-order valence-electron chi connectivity index (χ1n) is 5.36. The Balaban J connectivity index is 2.35. The van der Waals surface area contributed by atoms with Gasteiger partial charge in [-0.1, -0.05) is 0 Å². The van der Waals surface area contributed by atoms with Crippen LogP contribution in [0.15, 0.2) is 34.9 Å². The lowest BCUT2D eigenvalue weighted by molar-refractivity contribution is 0.103. The van der Waals surface area contributed by atoms with Crippen molar-refractivity contribution >= 4 is 5.78 Å². The summed E-state index contributed by atoms with van der Waals surface area (Å²) in [5.74, 6) is 1.48. The molecule has 2 rings (SSSR count). The molecule has 0 atom stereocenters. The zero-order chi connectivity index (χ0) is 12.4. The number of carbonyl (C=O) groups is 1. The Kier molecular flexibility index (Phi) is 3.00. The van der Waals surface area contributed by atoms with Crippen LogP contribution in [0.3, 0.4) is 0 Å². The van der Waals surface area contributed by atoms with Crippen molar-refractivity contribution in [1.82, 2.24) is 0 Å². The molecular formula is C14H14O3. The van der Waals surface area contributed by atoms with Crippen molar-refractivity contribution in [1.29, 1.82) is 0 Å². The average Bonchev–Trinajstić information content (AvgIpc) is 2.75. The maximum Gasteiger partial charge on any atom is 0.196 e. The molecule has 0 bridgehead atoms. The molecule has 0 unspecified atom stereocenters. The third-order valence-electron chi connectivity index (χ3n) is 2.65. The second kappa shape index (κ2) is 4.45. The molecule has 1 heterocycles. The summed E-state index contributed by atoms with van der Waals surface area (Å²) in [6, 6.07) is 7.12. The number of ketones is 1. The highest BCUT2D eigenvalue weighted by atomic mass is 16.5. The third-order valence-corrected chi connectivity index (χ3v) is 2.65. The average molecular weight is 230 g/mol. The predicted molar refractivity (Wildman–Crippen MR) is 64.6 cm³/mol. The number of benzene rings is 1. The summed E-state index contributed by atoms with van der Waals surface area (Å²) in [5.41, 5.74) is 2.16. The minimum absolute atomic E-state index is 0.0346. The lowest BCUT2D eigenvalue weighted by Crippen LogP contribution is -2.00. The summed E-state index contributed by atoms with van der Waals surface area (Å²) in [7, 11) is 1.61. The number of ether oxygens (including phenoxy) is 1. The topological polar surface area (TPSA) is 39.4 Å². The van der Waals surface area contributed by atoms with Crippen LogP contribution in [0.4, 0.5) is 0 Å². The number of hydrogen-bond donors (Lipinski definition) is 0. The second-order valence-corrected chi connectivity index (χ2v) is 3.96. The Morgan fingerprint density at radius 2 is 1.94 bits per heavy atom. The largest absolute Gasteiger partial charge is 0.496 e. The van der Waals surface area contributed by atoms with E-state index in [1.165, 1.54) is 6.26 Å². The molecule has 2 aromatic rings. The maximum atomic E-state index is 12.1. The van der Waals surface area contributed by atoms with E-state index in [1.54, 1.807) is 25.3 Å². The Bertz CT molecular complexity index is 552. The van der Waals surface area contributed by atoms with Crippen LogP contribution >= 0.6 is 0 Å². The number of methoxy groups -OCH3 is 1. The number of carbonyl (C=O) groups excluding carboxylic acids is 1. The molecule has 0 aliphatic heterocycles. The molecule has 3 nitrogen and oxygen atoms in total. The Morgan fingerprint density at radius 3 is 2.47 bits per heavy atom. The molecule has 17 heavy (non-hydrogen) atoms. The van der Waals surface area contributed by atoms with Crippen LogP contribution in [0.5, 0.6) is 5.75 Å². The number of aryl methyl sites for hydroxylation is 2. The van der Waals surface area contributed by atoms with Crippen LogP contribution in [0.25, 0.3) is 0 Å². The summed E-state index contributed by atoms with van der Waals surface area (Å²) >= 11 is 0. The molecule has 88 valence electrons. The summed E-state index contributed by atoms with van der Waals surface area (Å²) in [4.78, 5) is 12.1. The van der Waals surface area contributed by atoms with Gasteiger partial charge in [-0.15, -0.1) is 0 Å². The van der Waals surface area contributed by atoms with E-state index in [2.05, 4.69) is 0 Å². The first-order valence-corrected chi connectivity index (χ1v) is 5.36. The first-order chi connectivity index (χ1) is 8.11. The molecule has 0 amide bonds. The first kappa shape index (κ1) is 11.5. The molecule has 3 heteroatoms. The fourth-order valence-corrected chi connectivity index (χ4v) is 1.75. The Hall–Kier alpha value is -2.03. The van der Waals surface area contributed by atoms with Crippen molar-refractivity contribution in [3.8, 4) is 5.75 Å². The smallest absolute Gasteiger partial charge is 0.196 e. The zero-order valence-corrected chi connectivity index (χ0v) is 10.1. The van der Waals surface area contributed by atoms with Gasteiger partial charge in [-0.05, 0) is 43.7 Å². The van der Waals surface area contributed by atoms with E-state index in [0.717, 1.165) is 17.1 Å². The van der Waals surface area contributed by atoms with Gasteiger partial charge in [0.15, 0.2) is 5.78 Å². The van der Waals surface area contributed by atoms with Crippen molar-refractivity contribution in [3.05, 3.63) is 53.0 Å². The Morgan fingerprint density at radius 1 is 1.18 bits per heavy atom. The molecule has 1 aromatic heterocycles. The second-order valence-electron chi connectivity index (χ2n) is 3.96. The molecule has 0 saturated heterocycles. The highest BCUT2D eigenvalue weighted by Crippen LogP contribution is 2.21. The summed E-state index contributed by atoms with van der Waals surface area (Å²) in [6.07, 6.45) is 1.48. The lowest BCUT2D eigenvalue weighted by atomic mass is 10.0. The van der Waals surface area contributed by atoms with Gasteiger partial charge in [-0.3, -0.25) is 4.79 Å². The van der Waals surface area contributed by atoms with Gasteiger partial charge >= 0.3 is 0 Å². The monoisotopic (exact) mass is 230 g/mol. The van der Waals surface area contributed by atoms with Gasteiger partial charge < -0.3 is 9.15 Å². The molecule has 0 aliphatic carbocycles. The number of furan rings is 1. The van der Waals surface area contributed by atoms with Gasteiger partial charge in [0.2, 0.25) is 0 Å². The predicted octanol–water partition coefficient (Wildman–Crippen LogP) is 3.14. The molecule has 0 N–H and O–H groups in total. The fourth-order valence-electron chi connectivity index (χ4n) is 1.75. The summed E-state index contributed by atoms with van der Waals surface area (Å²) in [6.45, 7) is 3.73. The van der Waals surface area contributed by atoms with E-state index >= 15 is 0 Å². The molecular weight excluding hydrogens is 216 g/mol. The van der Waals surface area contributed by atoms with E-state index in [0.29, 0.717) is 11.1 Å². The third kappa shape index (κ3) is 2.23. The molecule has 0 fully saturated rings. The van der Waals surface area contributed by atoms with Crippen LogP contribution in [0.1, 0.15) is 27.2 Å². The summed E-state index contributed by atoms with van der Waals surface area (Å²) < 4.78 is 10.3. The van der Waals surface area contributed by atoms with Crippen LogP contribution in [-0.4, -0.2) is 12.9 Å². The van der Waals surface area contributed by atoms with Gasteiger partial charge in [0.05, 0.1) is 12.7 Å². The zero-order valence-electron chi connectivity index (χ0n) is 10.1. The standard InChI is InChI=1S/C14H14O3/c1-9-6-11(4-5-13(9)16-3)14(15)12-7-10(2)17-8-12/h4-8H,1-3H3. The van der Waals surface area contributed by atoms with Gasteiger partial charge in [-0.25, -0.2) is 0 Å². The van der Waals surface area contributed by atoms with E-state index in [4.69, 9.17) is 9.15 Å². The van der Waals surface area contributed by atoms with Gasteiger partial charge in [0.25, 0.3) is 0 Å². The van der Waals surface area contributed by atoms with E-state index in [9.17, 15) is 4.79 Å². The number of hydrogen-bond acceptors (Lipinski definition) is 3. The minimum Gasteiger partial charge on any atom is -0.496 e. The van der Waals surface area contributed by atoms with Crippen molar-refractivity contribution < 1.29 is 13.9 Å². The SMILES string of the molecule is COc1ccc(C(=O)c2coc(C)c2)cc1C. The normalized spacial score (nSPS) is 10.3. The van der Waals surface area contributed by atoms with E-state index in [-0.39, 0.29) is 5.78 Å². The van der Waals surface area contributed by atoms with Crippen molar-refractivity contribution in [2.45, 2.75) is 13.8 Å². The fraction of sp³-hybridized carbons (Fsp3) is 0.214. The molecule has 0 aliphatic rings. The lowest BCUT2D eigenvalue weighted by Gasteiger charge is -2.05. The van der Waals surface area contributed by atoms with Crippen molar-refractivity contribution in [2.24, 2.45) is 0 Å². The van der Waals surface area contributed by atoms with Crippen LogP contribution < -0.4 is 4.74 Å². The van der Waals surface area contributed by atoms with Crippen molar-refractivity contribution in [2.75, 3.05) is 7.11 Å². The molecule has 0 saturated carbocycles. The van der Waals surface area contributed by atoms with Gasteiger partial charge in [0, 0.05) is 5.56 Å². The summed E-state index contributed by atoms with van der Waals surface area (Å²) in [5, 5.41) is 0. The molecule has 0 spiro atoms. The molecule has 1 aromatic carbocycles. The van der Waals surface area contributed by atoms with Crippen LogP contribution in [0.2, 0.25) is 0 Å². The van der Waals surface area contributed by atoms with Crippen LogP contribution in [0, 0.1) is 13.8 Å². The quantitative estimate of drug-likeness (QED) is 0.760. The van der Waals surface area contributed by atoms with E-state index in [1.807, 2.05) is 19.9 Å². The maximum absolute atomic E-state index is 12.1. The Labute approximate surface area is 100 Å². The highest BCUT2D eigenvalue weighted by molar-refractivity contribution is 6.09. The van der Waals surface area contributed by atoms with Crippen molar-refractivity contribution in [3.63, 3.8) is 0 Å². The highest BCUT2D eigenvalue weighted by Gasteiger charge is 2.12. The molecule has 0 radical (unpaired) electrons. The van der Waals surface area contributed by atoms with Gasteiger partial charge in [0.1, 0.15) is 17.8 Å². The number of rotatable bonds is 3. The minimum atomic E-state index is -0.0346.